The molecule has 1 aromatic carbocycles. The molecule has 140 valence electrons. The van der Waals surface area contributed by atoms with Crippen molar-refractivity contribution in [2.75, 3.05) is 19.8 Å². The molecule has 26 heavy (non-hydrogen) atoms. The zero-order chi connectivity index (χ0) is 19.7. The number of carbonyl (C=O) groups is 1. The molecule has 0 aliphatic rings. The maximum absolute atomic E-state index is 12.1. The average molecular weight is 417 g/mol. The molecule has 0 radical (unpaired) electrons. The smallest absolute Gasteiger partial charge is 0.263 e. The minimum absolute atomic E-state index is 0.0752. The van der Waals surface area contributed by atoms with Gasteiger partial charge in [0.2, 0.25) is 20.0 Å². The third kappa shape index (κ3) is 4.57. The monoisotopic (exact) mass is 416 g/mol. The number of aromatic nitrogens is 1. The molecule has 1 heterocycles. The van der Waals surface area contributed by atoms with Gasteiger partial charge in [-0.05, 0) is 18.2 Å². The van der Waals surface area contributed by atoms with E-state index in [1.54, 1.807) is 4.57 Å². The van der Waals surface area contributed by atoms with E-state index < -0.39 is 32.5 Å². The summed E-state index contributed by atoms with van der Waals surface area (Å²) >= 11 is 1.05. The van der Waals surface area contributed by atoms with Crippen LogP contribution < -0.4 is 9.94 Å². The molecule has 0 aliphatic heterocycles. The van der Waals surface area contributed by atoms with E-state index in [0.29, 0.717) is 10.2 Å². The van der Waals surface area contributed by atoms with Crippen LogP contribution in [0.1, 0.15) is 0 Å². The summed E-state index contributed by atoms with van der Waals surface area (Å²) in [5.41, 5.74) is 0.586. The van der Waals surface area contributed by atoms with Crippen LogP contribution in [0.25, 0.3) is 10.2 Å². The van der Waals surface area contributed by atoms with Gasteiger partial charge in [0.25, 0.3) is 5.91 Å². The molecule has 1 aromatic heterocycles. The van der Waals surface area contributed by atoms with Crippen molar-refractivity contribution < 1.29 is 21.6 Å². The lowest BCUT2D eigenvalue weighted by molar-refractivity contribution is -0.118. The maximum Gasteiger partial charge on any atom is 0.263 e. The number of amides is 1. The van der Waals surface area contributed by atoms with Gasteiger partial charge in [-0.2, -0.15) is 9.30 Å². The van der Waals surface area contributed by atoms with E-state index in [4.69, 9.17) is 11.6 Å². The molecule has 2 aromatic rings. The van der Waals surface area contributed by atoms with Gasteiger partial charge in [0.1, 0.15) is 0 Å². The number of thiazole rings is 1. The largest absolute Gasteiger partial charge is 0.305 e. The Morgan fingerprint density at radius 3 is 2.58 bits per heavy atom. The van der Waals surface area contributed by atoms with Crippen LogP contribution in [-0.4, -0.2) is 51.5 Å². The fourth-order valence-corrected chi connectivity index (χ4v) is 4.06. The number of hydrogen-bond acceptors (Lipinski definition) is 6. The summed E-state index contributed by atoms with van der Waals surface area (Å²) in [5, 5.41) is 5.13. The number of benzene rings is 1. The standard InChI is InChI=1S/C14H16N4O5S3/c1-4-7-18-11-6-5-10(26(15,22)23)8-12(11)24-14(18)16-13(19)9-17(2)25(3,20)21/h1,5-6,8H,7,9H2,2-3H3,(H2,15,22,23). The van der Waals surface area contributed by atoms with Crippen molar-refractivity contribution in [3.05, 3.63) is 23.0 Å². The first-order chi connectivity index (χ1) is 11.9. The van der Waals surface area contributed by atoms with E-state index >= 15 is 0 Å². The van der Waals surface area contributed by atoms with Crippen molar-refractivity contribution in [3.63, 3.8) is 0 Å². The van der Waals surface area contributed by atoms with E-state index in [1.807, 2.05) is 0 Å². The van der Waals surface area contributed by atoms with Crippen molar-refractivity contribution in [3.8, 4) is 12.3 Å². The molecule has 0 aliphatic carbocycles. The van der Waals surface area contributed by atoms with Crippen LogP contribution in [0, 0.1) is 12.3 Å². The lowest BCUT2D eigenvalue weighted by Gasteiger charge is -2.10. The van der Waals surface area contributed by atoms with Crippen molar-refractivity contribution >= 4 is 47.5 Å². The van der Waals surface area contributed by atoms with Crippen LogP contribution in [0.5, 0.6) is 0 Å². The fourth-order valence-electron chi connectivity index (χ4n) is 2.01. The molecule has 0 saturated heterocycles. The predicted octanol–water partition coefficient (Wildman–Crippen LogP) is -0.698. The Morgan fingerprint density at radius 2 is 2.04 bits per heavy atom. The van der Waals surface area contributed by atoms with Gasteiger partial charge in [-0.1, -0.05) is 17.3 Å². The normalized spacial score (nSPS) is 13.3. The fraction of sp³-hybridized carbons (Fsp3) is 0.286. The highest BCUT2D eigenvalue weighted by molar-refractivity contribution is 7.89. The number of primary sulfonamides is 1. The Kier molecular flexibility index (Phi) is 5.69. The zero-order valence-electron chi connectivity index (χ0n) is 13.9. The number of carbonyl (C=O) groups excluding carboxylic acids is 1. The minimum Gasteiger partial charge on any atom is -0.305 e. The Labute approximate surface area is 154 Å². The second-order valence-corrected chi connectivity index (χ2v) is 10.0. The Morgan fingerprint density at radius 1 is 1.38 bits per heavy atom. The van der Waals surface area contributed by atoms with E-state index in [2.05, 4.69) is 10.9 Å². The Bertz CT molecular complexity index is 1180. The number of nitrogens with zero attached hydrogens (tertiary/aromatic N) is 3. The summed E-state index contributed by atoms with van der Waals surface area (Å²) in [4.78, 5) is 16.2. The van der Waals surface area contributed by atoms with Crippen LogP contribution in [0.15, 0.2) is 28.1 Å². The molecule has 2 N–H and O–H groups in total. The highest BCUT2D eigenvalue weighted by Crippen LogP contribution is 2.21. The van der Waals surface area contributed by atoms with E-state index in [1.165, 1.54) is 25.2 Å². The molecule has 9 nitrogen and oxygen atoms in total. The lowest BCUT2D eigenvalue weighted by atomic mass is 10.3. The van der Waals surface area contributed by atoms with Gasteiger partial charge in [0.05, 0.1) is 34.5 Å². The van der Waals surface area contributed by atoms with Gasteiger partial charge in [-0.3, -0.25) is 4.79 Å². The first-order valence-corrected chi connectivity index (χ1v) is 11.2. The Hall–Kier alpha value is -2.04. The lowest BCUT2D eigenvalue weighted by Crippen LogP contribution is -2.31. The first kappa shape index (κ1) is 20.3. The summed E-state index contributed by atoms with van der Waals surface area (Å²) in [7, 11) is -6.13. The van der Waals surface area contributed by atoms with Crippen LogP contribution in [0.4, 0.5) is 0 Å². The summed E-state index contributed by atoms with van der Waals surface area (Å²) in [6, 6.07) is 4.23. The highest BCUT2D eigenvalue weighted by Gasteiger charge is 2.16. The third-order valence-corrected chi connectivity index (χ3v) is 6.59. The van der Waals surface area contributed by atoms with Crippen LogP contribution >= 0.6 is 11.3 Å². The molecule has 0 unspecified atom stereocenters. The molecule has 1 amide bonds. The molecular weight excluding hydrogens is 400 g/mol. The summed E-state index contributed by atoms with van der Waals surface area (Å²) in [6.45, 7) is -0.325. The number of fused-ring (bicyclic) bond motifs is 1. The molecule has 0 atom stereocenters. The van der Waals surface area contributed by atoms with Crippen molar-refractivity contribution in [2.24, 2.45) is 10.1 Å². The number of hydrogen-bond donors (Lipinski definition) is 1. The van der Waals surface area contributed by atoms with Crippen LogP contribution in [-0.2, 0) is 31.4 Å². The van der Waals surface area contributed by atoms with E-state index in [9.17, 15) is 21.6 Å². The quantitative estimate of drug-likeness (QED) is 0.644. The summed E-state index contributed by atoms with van der Waals surface area (Å²) in [5.74, 6) is 1.76. The number of rotatable bonds is 5. The van der Waals surface area contributed by atoms with Gasteiger partial charge < -0.3 is 4.57 Å². The van der Waals surface area contributed by atoms with Crippen molar-refractivity contribution in [1.82, 2.24) is 8.87 Å². The van der Waals surface area contributed by atoms with Gasteiger partial charge in [0.15, 0.2) is 4.80 Å². The molecule has 0 bridgehead atoms. The van der Waals surface area contributed by atoms with Crippen molar-refractivity contribution in [2.45, 2.75) is 11.4 Å². The third-order valence-electron chi connectivity index (χ3n) is 3.38. The van der Waals surface area contributed by atoms with Crippen LogP contribution in [0.2, 0.25) is 0 Å². The summed E-state index contributed by atoms with van der Waals surface area (Å²) in [6.07, 6.45) is 6.33. The molecule has 0 spiro atoms. The zero-order valence-corrected chi connectivity index (χ0v) is 16.4. The number of terminal acetylenes is 1. The number of nitrogens with two attached hydrogens (primary N) is 1. The van der Waals surface area contributed by atoms with Gasteiger partial charge in [0, 0.05) is 7.05 Å². The summed E-state index contributed by atoms with van der Waals surface area (Å²) < 4.78 is 48.7. The minimum atomic E-state index is -3.88. The molecular formula is C14H16N4O5S3. The van der Waals surface area contributed by atoms with Gasteiger partial charge >= 0.3 is 0 Å². The van der Waals surface area contributed by atoms with Crippen LogP contribution in [0.3, 0.4) is 0 Å². The number of likely N-dealkylation sites (N-methyl/N-ethyl adjacent to an activating group) is 1. The topological polar surface area (TPSA) is 132 Å². The SMILES string of the molecule is C#CCn1c(=NC(=O)CN(C)S(C)(=O)=O)sc2cc(S(N)(=O)=O)ccc21. The van der Waals surface area contributed by atoms with Gasteiger partial charge in [-0.15, -0.1) is 6.42 Å². The maximum atomic E-state index is 12.1. The highest BCUT2D eigenvalue weighted by atomic mass is 32.2. The average Bonchev–Trinajstić information content (AvgIpc) is 2.82. The molecule has 0 fully saturated rings. The predicted molar refractivity (Wildman–Crippen MR) is 98.1 cm³/mol. The molecule has 0 saturated carbocycles. The second kappa shape index (κ2) is 7.29. The first-order valence-electron chi connectivity index (χ1n) is 7.02. The van der Waals surface area contributed by atoms with E-state index in [0.717, 1.165) is 21.9 Å². The van der Waals surface area contributed by atoms with Crippen molar-refractivity contribution in [1.29, 1.82) is 0 Å². The number of sulfonamides is 2. The second-order valence-electron chi connectivity index (χ2n) is 5.37. The molecule has 2 rings (SSSR count). The Balaban J connectivity index is 2.57. The molecule has 12 heteroatoms. The van der Waals surface area contributed by atoms with Gasteiger partial charge in [-0.25, -0.2) is 22.0 Å². The van der Waals surface area contributed by atoms with E-state index in [-0.39, 0.29) is 16.2 Å².